The second kappa shape index (κ2) is 5.67. The third-order valence-electron chi connectivity index (χ3n) is 3.81. The lowest BCUT2D eigenvalue weighted by Gasteiger charge is -2.40. The molecule has 1 aromatic heterocycles. The fraction of sp³-hybridized carbons (Fsp3) is 0.692. The van der Waals surface area contributed by atoms with E-state index in [1.807, 2.05) is 12.1 Å². The highest BCUT2D eigenvalue weighted by Gasteiger charge is 2.34. The van der Waals surface area contributed by atoms with Crippen LogP contribution in [0, 0.1) is 0 Å². The van der Waals surface area contributed by atoms with Gasteiger partial charge in [0, 0.05) is 25.3 Å². The fourth-order valence-electron chi connectivity index (χ4n) is 2.54. The van der Waals surface area contributed by atoms with Gasteiger partial charge in [-0.3, -0.25) is 4.90 Å². The van der Waals surface area contributed by atoms with Gasteiger partial charge in [0.15, 0.2) is 0 Å². The Hall–Kier alpha value is -0.840. The Labute approximate surface area is 103 Å². The summed E-state index contributed by atoms with van der Waals surface area (Å²) in [6.45, 7) is 3.15. The average molecular weight is 238 g/mol. The summed E-state index contributed by atoms with van der Waals surface area (Å²) in [6, 6.07) is 3.93. The number of hydrogen-bond acceptors (Lipinski definition) is 4. The highest BCUT2D eigenvalue weighted by Crippen LogP contribution is 2.27. The Morgan fingerprint density at radius 2 is 2.29 bits per heavy atom. The number of rotatable bonds is 4. The van der Waals surface area contributed by atoms with Crippen molar-refractivity contribution in [1.82, 2.24) is 4.90 Å². The first-order valence-corrected chi connectivity index (χ1v) is 6.28. The molecule has 1 atom stereocenters. The Balaban J connectivity index is 2.04. The summed E-state index contributed by atoms with van der Waals surface area (Å²) in [4.78, 5) is 2.32. The molecule has 0 bridgehead atoms. The Bertz CT molecular complexity index is 316. The summed E-state index contributed by atoms with van der Waals surface area (Å²) in [5.74, 6) is 0.991. The third kappa shape index (κ3) is 2.89. The van der Waals surface area contributed by atoms with Gasteiger partial charge < -0.3 is 14.9 Å². The fourth-order valence-corrected chi connectivity index (χ4v) is 2.54. The zero-order chi connectivity index (χ0) is 12.1. The van der Waals surface area contributed by atoms with Gasteiger partial charge in [-0.05, 0) is 38.4 Å². The smallest absolute Gasteiger partial charge is 0.117 e. The minimum absolute atomic E-state index is 0.0588. The molecule has 0 saturated carbocycles. The molecular formula is C13H22N2O2. The van der Waals surface area contributed by atoms with E-state index >= 15 is 0 Å². The van der Waals surface area contributed by atoms with Gasteiger partial charge in [-0.15, -0.1) is 0 Å². The van der Waals surface area contributed by atoms with Crippen LogP contribution in [0.4, 0.5) is 0 Å². The van der Waals surface area contributed by atoms with Crippen LogP contribution in [0.5, 0.6) is 0 Å². The molecule has 0 radical (unpaired) electrons. The molecule has 0 aromatic carbocycles. The number of nitrogens with zero attached hydrogens (tertiary/aromatic N) is 1. The second-order valence-corrected chi connectivity index (χ2v) is 4.83. The third-order valence-corrected chi connectivity index (χ3v) is 3.81. The molecule has 4 nitrogen and oxygen atoms in total. The van der Waals surface area contributed by atoms with Crippen LogP contribution in [-0.4, -0.2) is 37.2 Å². The maximum absolute atomic E-state index is 6.01. The van der Waals surface area contributed by atoms with Crippen molar-refractivity contribution in [2.75, 3.05) is 26.8 Å². The van der Waals surface area contributed by atoms with Crippen LogP contribution in [0.1, 0.15) is 25.0 Å². The molecule has 2 N–H and O–H groups in total. The van der Waals surface area contributed by atoms with Crippen LogP contribution in [-0.2, 0) is 11.3 Å². The minimum atomic E-state index is 0.0588. The molecule has 4 heteroatoms. The Morgan fingerprint density at radius 1 is 1.41 bits per heavy atom. The van der Waals surface area contributed by atoms with Crippen LogP contribution in [0.15, 0.2) is 22.8 Å². The first-order chi connectivity index (χ1) is 8.27. The maximum atomic E-state index is 6.01. The van der Waals surface area contributed by atoms with Crippen molar-refractivity contribution in [3.05, 3.63) is 24.2 Å². The van der Waals surface area contributed by atoms with E-state index in [0.29, 0.717) is 6.54 Å². The van der Waals surface area contributed by atoms with E-state index in [9.17, 15) is 0 Å². The molecule has 0 amide bonds. The normalized spacial score (nSPS) is 26.1. The summed E-state index contributed by atoms with van der Waals surface area (Å²) >= 11 is 0. The molecule has 1 aliphatic heterocycles. The Kier molecular flexibility index (Phi) is 4.20. The van der Waals surface area contributed by atoms with Gasteiger partial charge >= 0.3 is 0 Å². The largest absolute Gasteiger partial charge is 0.468 e. The van der Waals surface area contributed by atoms with Crippen LogP contribution >= 0.6 is 0 Å². The van der Waals surface area contributed by atoms with Crippen molar-refractivity contribution in [1.29, 1.82) is 0 Å². The van der Waals surface area contributed by atoms with E-state index < -0.39 is 0 Å². The topological polar surface area (TPSA) is 51.6 Å². The van der Waals surface area contributed by atoms with Gasteiger partial charge in [-0.25, -0.2) is 0 Å². The first-order valence-electron chi connectivity index (χ1n) is 6.28. The van der Waals surface area contributed by atoms with Crippen molar-refractivity contribution in [2.45, 2.75) is 31.3 Å². The van der Waals surface area contributed by atoms with Crippen molar-refractivity contribution < 1.29 is 9.15 Å². The lowest BCUT2D eigenvalue weighted by Crippen LogP contribution is -2.51. The standard InChI is InChI=1S/C13H22N2O2/c1-15(10-12-4-2-8-17-12)13(11-14)5-3-7-16-9-6-13/h2,4,8H,3,5-7,9-11,14H2,1H3. The van der Waals surface area contributed by atoms with Gasteiger partial charge in [0.25, 0.3) is 0 Å². The molecule has 1 aromatic rings. The second-order valence-electron chi connectivity index (χ2n) is 4.83. The molecule has 2 rings (SSSR count). The van der Waals surface area contributed by atoms with Crippen molar-refractivity contribution in [3.8, 4) is 0 Å². The summed E-state index contributed by atoms with van der Waals surface area (Å²) in [5, 5.41) is 0. The summed E-state index contributed by atoms with van der Waals surface area (Å²) < 4.78 is 10.9. The number of ether oxygens (including phenoxy) is 1. The molecular weight excluding hydrogens is 216 g/mol. The Morgan fingerprint density at radius 3 is 3.00 bits per heavy atom. The molecule has 17 heavy (non-hydrogen) atoms. The maximum Gasteiger partial charge on any atom is 0.117 e. The van der Waals surface area contributed by atoms with Gasteiger partial charge in [0.2, 0.25) is 0 Å². The number of furan rings is 1. The molecule has 1 saturated heterocycles. The minimum Gasteiger partial charge on any atom is -0.468 e. The van der Waals surface area contributed by atoms with Crippen molar-refractivity contribution >= 4 is 0 Å². The lowest BCUT2D eigenvalue weighted by atomic mass is 9.89. The van der Waals surface area contributed by atoms with E-state index in [2.05, 4.69) is 11.9 Å². The number of likely N-dealkylation sites (N-methyl/N-ethyl adjacent to an activating group) is 1. The first kappa shape index (κ1) is 12.6. The predicted molar refractivity (Wildman–Crippen MR) is 66.6 cm³/mol. The van der Waals surface area contributed by atoms with Crippen LogP contribution in [0.2, 0.25) is 0 Å². The van der Waals surface area contributed by atoms with Gasteiger partial charge in [-0.2, -0.15) is 0 Å². The molecule has 2 heterocycles. The average Bonchev–Trinajstić information content (AvgIpc) is 2.72. The van der Waals surface area contributed by atoms with Crippen LogP contribution < -0.4 is 5.73 Å². The molecule has 0 aliphatic carbocycles. The van der Waals surface area contributed by atoms with E-state index in [4.69, 9.17) is 14.9 Å². The number of hydrogen-bond donors (Lipinski definition) is 1. The van der Waals surface area contributed by atoms with Crippen molar-refractivity contribution in [2.24, 2.45) is 5.73 Å². The molecule has 96 valence electrons. The quantitative estimate of drug-likeness (QED) is 0.866. The monoisotopic (exact) mass is 238 g/mol. The molecule has 0 spiro atoms. The highest BCUT2D eigenvalue weighted by atomic mass is 16.5. The summed E-state index contributed by atoms with van der Waals surface area (Å²) in [5.41, 5.74) is 6.07. The van der Waals surface area contributed by atoms with Crippen molar-refractivity contribution in [3.63, 3.8) is 0 Å². The molecule has 1 aliphatic rings. The molecule has 1 unspecified atom stereocenters. The SMILES string of the molecule is CN(Cc1ccco1)C1(CN)CCCOCC1. The van der Waals surface area contributed by atoms with E-state index in [-0.39, 0.29) is 5.54 Å². The molecule has 1 fully saturated rings. The van der Waals surface area contributed by atoms with Gasteiger partial charge in [0.1, 0.15) is 5.76 Å². The summed E-state index contributed by atoms with van der Waals surface area (Å²) in [6.07, 6.45) is 4.90. The predicted octanol–water partition coefficient (Wildman–Crippen LogP) is 1.61. The zero-order valence-corrected chi connectivity index (χ0v) is 10.5. The highest BCUT2D eigenvalue weighted by molar-refractivity contribution is 5.00. The zero-order valence-electron chi connectivity index (χ0n) is 10.5. The van der Waals surface area contributed by atoms with E-state index in [0.717, 1.165) is 44.8 Å². The van der Waals surface area contributed by atoms with Gasteiger partial charge in [-0.1, -0.05) is 0 Å². The number of nitrogens with two attached hydrogens (primary N) is 1. The van der Waals surface area contributed by atoms with E-state index in [1.54, 1.807) is 6.26 Å². The van der Waals surface area contributed by atoms with E-state index in [1.165, 1.54) is 0 Å². The lowest BCUT2D eigenvalue weighted by molar-refractivity contribution is 0.0782. The van der Waals surface area contributed by atoms with Gasteiger partial charge in [0.05, 0.1) is 12.8 Å². The summed E-state index contributed by atoms with van der Waals surface area (Å²) in [7, 11) is 2.13. The van der Waals surface area contributed by atoms with Crippen LogP contribution in [0.25, 0.3) is 0 Å². The van der Waals surface area contributed by atoms with Crippen LogP contribution in [0.3, 0.4) is 0 Å².